The Balaban J connectivity index is 1.49. The molecule has 1 fully saturated rings. The van der Waals surface area contributed by atoms with Gasteiger partial charge in [0, 0.05) is 11.8 Å². The van der Waals surface area contributed by atoms with Crippen LogP contribution in [-0.2, 0) is 9.59 Å². The predicted molar refractivity (Wildman–Crippen MR) is 118 cm³/mol. The molecule has 1 heterocycles. The number of fused-ring (bicyclic) bond motifs is 1. The summed E-state index contributed by atoms with van der Waals surface area (Å²) >= 11 is 5.13. The molecule has 1 atom stereocenters. The van der Waals surface area contributed by atoms with E-state index in [1.807, 2.05) is 30.3 Å². The van der Waals surface area contributed by atoms with Crippen LogP contribution in [0.3, 0.4) is 0 Å². The van der Waals surface area contributed by atoms with Crippen LogP contribution in [-0.4, -0.2) is 29.0 Å². The molecule has 148 valence electrons. The summed E-state index contributed by atoms with van der Waals surface area (Å²) in [5.41, 5.74) is 3.31. The van der Waals surface area contributed by atoms with Crippen molar-refractivity contribution < 1.29 is 14.4 Å². The molecular weight excluding hydrogens is 400 g/mol. The number of amides is 3. The van der Waals surface area contributed by atoms with Crippen molar-refractivity contribution in [2.45, 2.75) is 0 Å². The summed E-state index contributed by atoms with van der Waals surface area (Å²) in [5.74, 6) is -2.80. The first-order chi connectivity index (χ1) is 14.5. The number of anilines is 1. The SMILES string of the molecule is O=C(N/N=C\[C@@H]1C(=O)NC(=S)N(c2ccccc2)C1=O)c1ccc2ccccc2c1. The summed E-state index contributed by atoms with van der Waals surface area (Å²) in [5, 5.41) is 8.25. The zero-order chi connectivity index (χ0) is 21.1. The molecule has 0 spiro atoms. The van der Waals surface area contributed by atoms with Crippen LogP contribution in [0.25, 0.3) is 10.8 Å². The van der Waals surface area contributed by atoms with E-state index in [1.54, 1.807) is 42.5 Å². The zero-order valence-electron chi connectivity index (χ0n) is 15.6. The van der Waals surface area contributed by atoms with Crippen LogP contribution in [0, 0.1) is 5.92 Å². The highest BCUT2D eigenvalue weighted by molar-refractivity contribution is 7.80. The van der Waals surface area contributed by atoms with E-state index in [0.717, 1.165) is 17.0 Å². The molecule has 3 amide bonds. The molecule has 3 aromatic rings. The highest BCUT2D eigenvalue weighted by Gasteiger charge is 2.38. The normalized spacial score (nSPS) is 16.7. The van der Waals surface area contributed by atoms with E-state index in [9.17, 15) is 14.4 Å². The second-order valence-corrected chi connectivity index (χ2v) is 6.95. The van der Waals surface area contributed by atoms with Gasteiger partial charge in [-0.2, -0.15) is 5.10 Å². The molecule has 1 aliphatic heterocycles. The van der Waals surface area contributed by atoms with Gasteiger partial charge in [-0.15, -0.1) is 0 Å². The fourth-order valence-electron chi connectivity index (χ4n) is 3.11. The summed E-state index contributed by atoms with van der Waals surface area (Å²) in [4.78, 5) is 38.7. The van der Waals surface area contributed by atoms with Crippen molar-refractivity contribution >= 4 is 57.7 Å². The molecule has 0 radical (unpaired) electrons. The summed E-state index contributed by atoms with van der Waals surface area (Å²) in [6, 6.07) is 21.7. The number of hydrazone groups is 1. The fraction of sp³-hybridized carbons (Fsp3) is 0.0455. The monoisotopic (exact) mass is 416 g/mol. The smallest absolute Gasteiger partial charge is 0.271 e. The summed E-state index contributed by atoms with van der Waals surface area (Å²) < 4.78 is 0. The average Bonchev–Trinajstić information content (AvgIpc) is 2.76. The Morgan fingerprint density at radius 2 is 1.70 bits per heavy atom. The molecule has 2 N–H and O–H groups in total. The van der Waals surface area contributed by atoms with Gasteiger partial charge in [0.2, 0.25) is 5.91 Å². The third-order valence-electron chi connectivity index (χ3n) is 4.62. The van der Waals surface area contributed by atoms with E-state index in [4.69, 9.17) is 12.2 Å². The minimum atomic E-state index is -1.21. The molecular formula is C22H16N4O3S. The highest BCUT2D eigenvalue weighted by Crippen LogP contribution is 2.20. The summed E-state index contributed by atoms with van der Waals surface area (Å²) in [6.45, 7) is 0. The van der Waals surface area contributed by atoms with E-state index >= 15 is 0 Å². The van der Waals surface area contributed by atoms with Gasteiger partial charge in [0.1, 0.15) is 0 Å². The molecule has 3 aromatic carbocycles. The van der Waals surface area contributed by atoms with Crippen molar-refractivity contribution in [1.29, 1.82) is 0 Å². The van der Waals surface area contributed by atoms with Gasteiger partial charge in [0.15, 0.2) is 11.0 Å². The van der Waals surface area contributed by atoms with Gasteiger partial charge >= 0.3 is 0 Å². The number of nitrogens with one attached hydrogen (secondary N) is 2. The van der Waals surface area contributed by atoms with Gasteiger partial charge < -0.3 is 5.32 Å². The van der Waals surface area contributed by atoms with E-state index < -0.39 is 23.6 Å². The van der Waals surface area contributed by atoms with Crippen LogP contribution >= 0.6 is 12.2 Å². The number of benzene rings is 3. The first-order valence-corrected chi connectivity index (χ1v) is 9.51. The molecule has 1 saturated heterocycles. The lowest BCUT2D eigenvalue weighted by atomic mass is 10.1. The third kappa shape index (κ3) is 3.81. The van der Waals surface area contributed by atoms with Crippen molar-refractivity contribution in [3.63, 3.8) is 0 Å². The number of hydrogen-bond donors (Lipinski definition) is 2. The second kappa shape index (κ2) is 8.22. The molecule has 8 heteroatoms. The summed E-state index contributed by atoms with van der Waals surface area (Å²) in [7, 11) is 0. The Morgan fingerprint density at radius 3 is 2.47 bits per heavy atom. The lowest BCUT2D eigenvalue weighted by Gasteiger charge is -2.30. The number of carbonyl (C=O) groups excluding carboxylic acids is 3. The third-order valence-corrected chi connectivity index (χ3v) is 4.90. The number of rotatable bonds is 4. The maximum Gasteiger partial charge on any atom is 0.271 e. The van der Waals surface area contributed by atoms with E-state index in [2.05, 4.69) is 15.8 Å². The number of para-hydroxylation sites is 1. The lowest BCUT2D eigenvalue weighted by Crippen LogP contribution is -2.58. The molecule has 0 aromatic heterocycles. The molecule has 4 rings (SSSR count). The molecule has 0 aliphatic carbocycles. The van der Waals surface area contributed by atoms with Gasteiger partial charge in [-0.05, 0) is 47.3 Å². The number of carbonyl (C=O) groups is 3. The topological polar surface area (TPSA) is 90.9 Å². The molecule has 0 bridgehead atoms. The first-order valence-electron chi connectivity index (χ1n) is 9.11. The number of nitrogens with zero attached hydrogens (tertiary/aromatic N) is 2. The quantitative estimate of drug-likeness (QED) is 0.296. The molecule has 7 nitrogen and oxygen atoms in total. The van der Waals surface area contributed by atoms with Crippen molar-refractivity contribution in [3.8, 4) is 0 Å². The Labute approximate surface area is 177 Å². The standard InChI is InChI=1S/C22H16N4O3S/c27-19(16-11-10-14-6-4-5-7-15(14)12-16)25-23-13-18-20(28)24-22(30)26(21(18)29)17-8-2-1-3-9-17/h1-13,18H,(H,25,27)(H,24,28,30)/b23-13-/t18-/m1/s1. The largest absolute Gasteiger partial charge is 0.301 e. The van der Waals surface area contributed by atoms with Crippen LogP contribution in [0.1, 0.15) is 10.4 Å². The van der Waals surface area contributed by atoms with E-state index in [-0.39, 0.29) is 5.11 Å². The first kappa shape index (κ1) is 19.4. The zero-order valence-corrected chi connectivity index (χ0v) is 16.4. The second-order valence-electron chi connectivity index (χ2n) is 6.56. The Bertz CT molecular complexity index is 1190. The average molecular weight is 416 g/mol. The minimum absolute atomic E-state index is 0.000972. The molecule has 1 aliphatic rings. The summed E-state index contributed by atoms with van der Waals surface area (Å²) in [6.07, 6.45) is 1.11. The molecule has 0 unspecified atom stereocenters. The van der Waals surface area contributed by atoms with Gasteiger partial charge in [-0.25, -0.2) is 5.43 Å². The van der Waals surface area contributed by atoms with Crippen LogP contribution < -0.4 is 15.6 Å². The van der Waals surface area contributed by atoms with Gasteiger partial charge in [0.25, 0.3) is 11.8 Å². The maximum atomic E-state index is 12.8. The van der Waals surface area contributed by atoms with Crippen molar-refractivity contribution in [2.24, 2.45) is 11.0 Å². The highest BCUT2D eigenvalue weighted by atomic mass is 32.1. The van der Waals surface area contributed by atoms with E-state index in [1.165, 1.54) is 4.90 Å². The van der Waals surface area contributed by atoms with Crippen LogP contribution in [0.4, 0.5) is 5.69 Å². The molecule has 0 saturated carbocycles. The lowest BCUT2D eigenvalue weighted by molar-refractivity contribution is -0.130. The Morgan fingerprint density at radius 1 is 1.00 bits per heavy atom. The minimum Gasteiger partial charge on any atom is -0.301 e. The van der Waals surface area contributed by atoms with Crippen LogP contribution in [0.15, 0.2) is 77.9 Å². The van der Waals surface area contributed by atoms with Crippen molar-refractivity contribution in [2.75, 3.05) is 4.90 Å². The van der Waals surface area contributed by atoms with Gasteiger partial charge in [-0.1, -0.05) is 48.5 Å². The van der Waals surface area contributed by atoms with Crippen molar-refractivity contribution in [3.05, 3.63) is 78.4 Å². The number of hydrogen-bond acceptors (Lipinski definition) is 5. The Hall–Kier alpha value is -3.91. The van der Waals surface area contributed by atoms with Crippen LogP contribution in [0.2, 0.25) is 0 Å². The van der Waals surface area contributed by atoms with Gasteiger partial charge in [0.05, 0.1) is 5.69 Å². The number of thiocarbonyl (C=S) groups is 1. The van der Waals surface area contributed by atoms with Crippen LogP contribution in [0.5, 0.6) is 0 Å². The van der Waals surface area contributed by atoms with Gasteiger partial charge in [-0.3, -0.25) is 19.3 Å². The molecule has 30 heavy (non-hydrogen) atoms. The van der Waals surface area contributed by atoms with Crippen molar-refractivity contribution in [1.82, 2.24) is 10.7 Å². The maximum absolute atomic E-state index is 12.8. The predicted octanol–water partition coefficient (Wildman–Crippen LogP) is 2.62. The van der Waals surface area contributed by atoms with E-state index in [0.29, 0.717) is 11.3 Å². The fourth-order valence-corrected chi connectivity index (χ4v) is 3.40. The Kier molecular flexibility index (Phi) is 5.32.